The zero-order valence-corrected chi connectivity index (χ0v) is 17.7. The molecule has 2 aromatic carbocycles. The first-order valence-corrected chi connectivity index (χ1v) is 11.1. The molecule has 0 spiro atoms. The summed E-state index contributed by atoms with van der Waals surface area (Å²) in [6.45, 7) is 0. The van der Waals surface area contributed by atoms with Crippen LogP contribution in [0.1, 0.15) is 46.6 Å². The maximum absolute atomic E-state index is 12.5. The van der Waals surface area contributed by atoms with Crippen LogP contribution in [0.15, 0.2) is 54.6 Å². The monoisotopic (exact) mass is 437 g/mol. The number of amides is 1. The fourth-order valence-corrected chi connectivity index (χ4v) is 4.39. The van der Waals surface area contributed by atoms with Gasteiger partial charge in [-0.3, -0.25) is 14.9 Å². The van der Waals surface area contributed by atoms with Gasteiger partial charge in [-0.25, -0.2) is 0 Å². The van der Waals surface area contributed by atoms with Crippen LogP contribution >= 0.6 is 11.3 Å². The van der Waals surface area contributed by atoms with Crippen molar-refractivity contribution in [2.75, 3.05) is 5.32 Å². The molecule has 0 radical (unpaired) electrons. The van der Waals surface area contributed by atoms with Crippen molar-refractivity contribution in [1.29, 1.82) is 0 Å². The van der Waals surface area contributed by atoms with E-state index in [2.05, 4.69) is 15.5 Å². The fraction of sp³-hybridized carbons (Fsp3) is 0.304. The normalized spacial score (nSPS) is 18.3. The molecule has 0 saturated heterocycles. The standard InChI is InChI=1S/C23H23N3O4S/c27-21(24-23-26-25-20(31-23)14-15-4-2-1-3-5-15)16-6-10-18(11-7-16)30-19-12-8-17(9-13-19)22(28)29/h1-7,10-11,17,19H,8-9,12-14H2,(H,28,29)(H,24,26,27)/t17-,19-. The lowest BCUT2D eigenvalue weighted by Gasteiger charge is -2.26. The topological polar surface area (TPSA) is 101 Å². The molecule has 1 aromatic heterocycles. The molecule has 1 saturated carbocycles. The van der Waals surface area contributed by atoms with Crippen LogP contribution in [-0.2, 0) is 11.2 Å². The maximum Gasteiger partial charge on any atom is 0.306 e. The number of carboxylic acid groups (broad SMARTS) is 1. The zero-order valence-electron chi connectivity index (χ0n) is 16.9. The number of aliphatic carboxylic acids is 1. The Labute approximate surface area is 184 Å². The number of anilines is 1. The number of aromatic nitrogens is 2. The summed E-state index contributed by atoms with van der Waals surface area (Å²) in [6, 6.07) is 16.9. The molecule has 8 heteroatoms. The first kappa shape index (κ1) is 21.0. The molecule has 3 aromatic rings. The van der Waals surface area contributed by atoms with Gasteiger partial charge in [-0.1, -0.05) is 41.7 Å². The van der Waals surface area contributed by atoms with Crippen molar-refractivity contribution in [3.8, 4) is 5.75 Å². The summed E-state index contributed by atoms with van der Waals surface area (Å²) < 4.78 is 5.95. The van der Waals surface area contributed by atoms with Gasteiger partial charge in [-0.2, -0.15) is 0 Å². The lowest BCUT2D eigenvalue weighted by molar-refractivity contribution is -0.143. The van der Waals surface area contributed by atoms with Gasteiger partial charge in [0, 0.05) is 12.0 Å². The number of hydrogen-bond donors (Lipinski definition) is 2. The van der Waals surface area contributed by atoms with Crippen molar-refractivity contribution in [2.45, 2.75) is 38.2 Å². The van der Waals surface area contributed by atoms with E-state index in [-0.39, 0.29) is 17.9 Å². The van der Waals surface area contributed by atoms with E-state index >= 15 is 0 Å². The molecular formula is C23H23N3O4S. The van der Waals surface area contributed by atoms with E-state index < -0.39 is 5.97 Å². The van der Waals surface area contributed by atoms with Crippen LogP contribution in [0.25, 0.3) is 0 Å². The Morgan fingerprint density at radius 3 is 2.39 bits per heavy atom. The third kappa shape index (κ3) is 5.67. The summed E-state index contributed by atoms with van der Waals surface area (Å²) in [6.07, 6.45) is 3.40. The van der Waals surface area contributed by atoms with Gasteiger partial charge >= 0.3 is 5.97 Å². The minimum atomic E-state index is -0.726. The van der Waals surface area contributed by atoms with Crippen molar-refractivity contribution < 1.29 is 19.4 Å². The van der Waals surface area contributed by atoms with Crippen LogP contribution in [0.4, 0.5) is 5.13 Å². The highest BCUT2D eigenvalue weighted by atomic mass is 32.1. The Balaban J connectivity index is 1.29. The highest BCUT2D eigenvalue weighted by Crippen LogP contribution is 2.28. The molecule has 0 atom stereocenters. The minimum Gasteiger partial charge on any atom is -0.490 e. The van der Waals surface area contributed by atoms with Crippen LogP contribution in [-0.4, -0.2) is 33.3 Å². The summed E-state index contributed by atoms with van der Waals surface area (Å²) in [5.41, 5.74) is 1.64. The average molecular weight is 438 g/mol. The summed E-state index contributed by atoms with van der Waals surface area (Å²) in [5, 5.41) is 21.4. The summed E-state index contributed by atoms with van der Waals surface area (Å²) in [7, 11) is 0. The Bertz CT molecular complexity index is 1030. The summed E-state index contributed by atoms with van der Waals surface area (Å²) in [4.78, 5) is 23.6. The molecule has 0 unspecified atom stereocenters. The van der Waals surface area contributed by atoms with Gasteiger partial charge in [0.25, 0.3) is 5.91 Å². The van der Waals surface area contributed by atoms with Crippen LogP contribution in [0.2, 0.25) is 0 Å². The lowest BCUT2D eigenvalue weighted by atomic mass is 9.87. The molecule has 0 bridgehead atoms. The molecule has 31 heavy (non-hydrogen) atoms. The predicted molar refractivity (Wildman–Crippen MR) is 118 cm³/mol. The van der Waals surface area contributed by atoms with Crippen molar-refractivity contribution in [2.24, 2.45) is 5.92 Å². The first-order valence-electron chi connectivity index (χ1n) is 10.2. The van der Waals surface area contributed by atoms with E-state index in [0.717, 1.165) is 23.4 Å². The van der Waals surface area contributed by atoms with Crippen molar-refractivity contribution in [1.82, 2.24) is 10.2 Å². The molecule has 1 aliphatic rings. The van der Waals surface area contributed by atoms with Crippen LogP contribution in [0.5, 0.6) is 5.75 Å². The SMILES string of the molecule is O=C(Nc1nnc(Cc2ccccc2)s1)c1ccc(O[C@H]2CC[C@H](C(=O)O)CC2)cc1. The smallest absolute Gasteiger partial charge is 0.306 e. The van der Waals surface area contributed by atoms with E-state index in [9.17, 15) is 9.59 Å². The Morgan fingerprint density at radius 1 is 1.00 bits per heavy atom. The Hall–Kier alpha value is -3.26. The second-order valence-electron chi connectivity index (χ2n) is 7.57. The molecule has 7 nitrogen and oxygen atoms in total. The van der Waals surface area contributed by atoms with Gasteiger partial charge in [0.05, 0.1) is 12.0 Å². The van der Waals surface area contributed by atoms with Gasteiger partial charge in [-0.05, 0) is 55.5 Å². The molecule has 1 heterocycles. The quantitative estimate of drug-likeness (QED) is 0.568. The lowest BCUT2D eigenvalue weighted by Crippen LogP contribution is -2.27. The number of nitrogens with zero attached hydrogens (tertiary/aromatic N) is 2. The molecule has 160 valence electrons. The van der Waals surface area contributed by atoms with E-state index in [1.54, 1.807) is 24.3 Å². The van der Waals surface area contributed by atoms with Crippen LogP contribution < -0.4 is 10.1 Å². The van der Waals surface area contributed by atoms with Gasteiger partial charge in [0.15, 0.2) is 0 Å². The number of carboxylic acids is 1. The van der Waals surface area contributed by atoms with E-state index in [4.69, 9.17) is 9.84 Å². The molecule has 0 aliphatic heterocycles. The largest absolute Gasteiger partial charge is 0.490 e. The fourth-order valence-electron chi connectivity index (χ4n) is 3.62. The predicted octanol–water partition coefficient (Wildman–Crippen LogP) is 4.40. The molecule has 1 aliphatic carbocycles. The number of ether oxygens (including phenoxy) is 1. The zero-order chi connectivity index (χ0) is 21.6. The average Bonchev–Trinajstić information content (AvgIpc) is 3.22. The molecule has 1 amide bonds. The van der Waals surface area contributed by atoms with Crippen molar-refractivity contribution in [3.63, 3.8) is 0 Å². The van der Waals surface area contributed by atoms with Gasteiger partial charge in [0.1, 0.15) is 10.8 Å². The summed E-state index contributed by atoms with van der Waals surface area (Å²) >= 11 is 1.36. The van der Waals surface area contributed by atoms with Gasteiger partial charge in [-0.15, -0.1) is 10.2 Å². The number of hydrogen-bond acceptors (Lipinski definition) is 6. The Kier molecular flexibility index (Phi) is 6.57. The summed E-state index contributed by atoms with van der Waals surface area (Å²) in [5.74, 6) is -0.566. The highest BCUT2D eigenvalue weighted by molar-refractivity contribution is 7.15. The van der Waals surface area contributed by atoms with Gasteiger partial charge in [0.2, 0.25) is 5.13 Å². The van der Waals surface area contributed by atoms with Crippen LogP contribution in [0, 0.1) is 5.92 Å². The number of benzene rings is 2. The molecule has 2 N–H and O–H groups in total. The third-order valence-corrected chi connectivity index (χ3v) is 6.17. The second kappa shape index (κ2) is 9.70. The van der Waals surface area contributed by atoms with E-state index in [1.165, 1.54) is 11.3 Å². The van der Waals surface area contributed by atoms with E-state index in [0.29, 0.717) is 35.7 Å². The van der Waals surface area contributed by atoms with Gasteiger partial charge < -0.3 is 9.84 Å². The molecule has 4 rings (SSSR count). The number of nitrogens with one attached hydrogen (secondary N) is 1. The number of carbonyl (C=O) groups excluding carboxylic acids is 1. The maximum atomic E-state index is 12.5. The van der Waals surface area contributed by atoms with Crippen LogP contribution in [0.3, 0.4) is 0 Å². The third-order valence-electron chi connectivity index (χ3n) is 5.33. The van der Waals surface area contributed by atoms with Crippen molar-refractivity contribution >= 4 is 28.3 Å². The highest BCUT2D eigenvalue weighted by Gasteiger charge is 2.26. The molecule has 1 fully saturated rings. The van der Waals surface area contributed by atoms with Crippen molar-refractivity contribution in [3.05, 3.63) is 70.7 Å². The molecular weight excluding hydrogens is 414 g/mol. The Morgan fingerprint density at radius 2 is 1.71 bits per heavy atom. The first-order chi connectivity index (χ1) is 15.1. The second-order valence-corrected chi connectivity index (χ2v) is 8.63. The minimum absolute atomic E-state index is 0.0136. The number of rotatable bonds is 7. The number of carbonyl (C=O) groups is 2. The van der Waals surface area contributed by atoms with E-state index in [1.807, 2.05) is 30.3 Å².